The lowest BCUT2D eigenvalue weighted by atomic mass is 10.0. The highest BCUT2D eigenvalue weighted by molar-refractivity contribution is 5.93. The van der Waals surface area contributed by atoms with E-state index in [0.29, 0.717) is 18.0 Å². The van der Waals surface area contributed by atoms with Crippen molar-refractivity contribution in [2.75, 3.05) is 10.6 Å². The van der Waals surface area contributed by atoms with Gasteiger partial charge >= 0.3 is 0 Å². The highest BCUT2D eigenvalue weighted by Gasteiger charge is 2.16. The second kappa shape index (κ2) is 7.20. The van der Waals surface area contributed by atoms with Crippen LogP contribution in [-0.2, 0) is 9.59 Å². The van der Waals surface area contributed by atoms with E-state index in [0.717, 1.165) is 6.42 Å². The Hall–Kier alpha value is -1.91. The first kappa shape index (κ1) is 15.5. The molecule has 1 aliphatic rings. The van der Waals surface area contributed by atoms with Gasteiger partial charge in [-0.2, -0.15) is 0 Å². The molecule has 2 amide bonds. The number of hydrogen-bond acceptors (Lipinski definition) is 2. The quantitative estimate of drug-likeness (QED) is 0.869. The topological polar surface area (TPSA) is 58.2 Å². The predicted molar refractivity (Wildman–Crippen MR) is 80.5 cm³/mol. The maximum atomic E-state index is 13.7. The highest BCUT2D eigenvalue weighted by atomic mass is 19.1. The van der Waals surface area contributed by atoms with Crippen LogP contribution in [0.5, 0.6) is 0 Å². The Labute approximate surface area is 124 Å². The van der Waals surface area contributed by atoms with Crippen molar-refractivity contribution in [1.82, 2.24) is 0 Å². The first-order valence-electron chi connectivity index (χ1n) is 7.41. The molecule has 0 spiro atoms. The fourth-order valence-electron chi connectivity index (χ4n) is 2.75. The summed E-state index contributed by atoms with van der Waals surface area (Å²) in [7, 11) is 0. The van der Waals surface area contributed by atoms with Crippen LogP contribution in [0.4, 0.5) is 15.8 Å². The molecule has 0 radical (unpaired) electrons. The van der Waals surface area contributed by atoms with Crippen LogP contribution in [-0.4, -0.2) is 11.8 Å². The van der Waals surface area contributed by atoms with Gasteiger partial charge in [-0.05, 0) is 30.5 Å². The van der Waals surface area contributed by atoms with Gasteiger partial charge in [0.2, 0.25) is 11.8 Å². The number of rotatable bonds is 5. The summed E-state index contributed by atoms with van der Waals surface area (Å²) in [5, 5.41) is 5.15. The fraction of sp³-hybridized carbons (Fsp3) is 0.500. The highest BCUT2D eigenvalue weighted by Crippen LogP contribution is 2.28. The molecule has 21 heavy (non-hydrogen) atoms. The maximum absolute atomic E-state index is 13.7. The van der Waals surface area contributed by atoms with Crippen molar-refractivity contribution in [3.8, 4) is 0 Å². The Morgan fingerprint density at radius 1 is 1.24 bits per heavy atom. The van der Waals surface area contributed by atoms with Crippen molar-refractivity contribution in [3.63, 3.8) is 0 Å². The Morgan fingerprint density at radius 3 is 2.62 bits per heavy atom. The standard InChI is InChI=1S/C16H21FN2O2/c1-11(20)18-13-7-8-14(17)15(10-13)19-16(21)9-6-12-4-2-3-5-12/h7-8,10,12H,2-6,9H2,1H3,(H,18,20)(H,19,21). The van der Waals surface area contributed by atoms with Gasteiger partial charge in [-0.3, -0.25) is 9.59 Å². The van der Waals surface area contributed by atoms with E-state index in [2.05, 4.69) is 10.6 Å². The molecule has 0 aromatic heterocycles. The second-order valence-corrected chi connectivity index (χ2v) is 5.61. The van der Waals surface area contributed by atoms with Gasteiger partial charge in [-0.1, -0.05) is 25.7 Å². The summed E-state index contributed by atoms with van der Waals surface area (Å²) in [6.07, 6.45) is 6.16. The van der Waals surface area contributed by atoms with E-state index in [4.69, 9.17) is 0 Å². The van der Waals surface area contributed by atoms with Crippen LogP contribution < -0.4 is 10.6 Å². The van der Waals surface area contributed by atoms with Crippen LogP contribution in [0.25, 0.3) is 0 Å². The van der Waals surface area contributed by atoms with Crippen LogP contribution in [0.1, 0.15) is 45.4 Å². The number of hydrogen-bond donors (Lipinski definition) is 2. The number of carbonyl (C=O) groups is 2. The minimum absolute atomic E-state index is 0.109. The molecule has 1 saturated carbocycles. The Morgan fingerprint density at radius 2 is 1.95 bits per heavy atom. The Balaban J connectivity index is 1.90. The lowest BCUT2D eigenvalue weighted by molar-refractivity contribution is -0.116. The summed E-state index contributed by atoms with van der Waals surface area (Å²) < 4.78 is 13.7. The van der Waals surface area contributed by atoms with Crippen molar-refractivity contribution in [3.05, 3.63) is 24.0 Å². The van der Waals surface area contributed by atoms with Gasteiger partial charge in [-0.25, -0.2) is 4.39 Å². The normalized spacial score (nSPS) is 15.0. The van der Waals surface area contributed by atoms with Crippen molar-refractivity contribution in [2.45, 2.75) is 45.4 Å². The molecule has 4 nitrogen and oxygen atoms in total. The van der Waals surface area contributed by atoms with E-state index in [1.165, 1.54) is 50.8 Å². The molecule has 1 fully saturated rings. The third-order valence-corrected chi connectivity index (χ3v) is 3.82. The van der Waals surface area contributed by atoms with Crippen LogP contribution in [0, 0.1) is 11.7 Å². The molecule has 1 aliphatic carbocycles. The number of halogens is 1. The minimum Gasteiger partial charge on any atom is -0.326 e. The monoisotopic (exact) mass is 292 g/mol. The summed E-state index contributed by atoms with van der Waals surface area (Å²) in [6.45, 7) is 1.38. The van der Waals surface area contributed by atoms with Gasteiger partial charge in [0.15, 0.2) is 0 Å². The number of benzene rings is 1. The summed E-state index contributed by atoms with van der Waals surface area (Å²) >= 11 is 0. The zero-order chi connectivity index (χ0) is 15.2. The molecule has 0 unspecified atom stereocenters. The molecule has 2 N–H and O–H groups in total. The third-order valence-electron chi connectivity index (χ3n) is 3.82. The molecule has 0 bridgehead atoms. The third kappa shape index (κ3) is 4.85. The summed E-state index contributed by atoms with van der Waals surface area (Å²) in [5.41, 5.74) is 0.577. The summed E-state index contributed by atoms with van der Waals surface area (Å²) in [5.74, 6) is -0.287. The lowest BCUT2D eigenvalue weighted by Gasteiger charge is -2.11. The first-order chi connectivity index (χ1) is 10.0. The van der Waals surface area contributed by atoms with E-state index in [-0.39, 0.29) is 17.5 Å². The molecule has 1 aromatic rings. The molecule has 2 rings (SSSR count). The van der Waals surface area contributed by atoms with E-state index >= 15 is 0 Å². The van der Waals surface area contributed by atoms with Gasteiger partial charge in [0, 0.05) is 19.0 Å². The molecule has 1 aromatic carbocycles. The Kier molecular flexibility index (Phi) is 5.31. The average molecular weight is 292 g/mol. The van der Waals surface area contributed by atoms with Gasteiger partial charge < -0.3 is 10.6 Å². The first-order valence-corrected chi connectivity index (χ1v) is 7.41. The van der Waals surface area contributed by atoms with E-state index in [9.17, 15) is 14.0 Å². The van der Waals surface area contributed by atoms with E-state index in [1.54, 1.807) is 0 Å². The Bertz CT molecular complexity index is 525. The molecule has 0 atom stereocenters. The predicted octanol–water partition coefficient (Wildman–Crippen LogP) is 3.69. The van der Waals surface area contributed by atoms with Gasteiger partial charge in [-0.15, -0.1) is 0 Å². The molecular formula is C16H21FN2O2. The molecule has 114 valence electrons. The van der Waals surface area contributed by atoms with E-state index in [1.807, 2.05) is 0 Å². The number of amides is 2. The van der Waals surface area contributed by atoms with Crippen LogP contribution in [0.15, 0.2) is 18.2 Å². The molecule has 0 heterocycles. The van der Waals surface area contributed by atoms with Gasteiger partial charge in [0.25, 0.3) is 0 Å². The molecule has 0 aliphatic heterocycles. The average Bonchev–Trinajstić information content (AvgIpc) is 2.93. The zero-order valence-electron chi connectivity index (χ0n) is 12.2. The van der Waals surface area contributed by atoms with E-state index < -0.39 is 5.82 Å². The number of anilines is 2. The maximum Gasteiger partial charge on any atom is 0.224 e. The fourth-order valence-corrected chi connectivity index (χ4v) is 2.75. The van der Waals surface area contributed by atoms with Crippen molar-refractivity contribution in [2.24, 2.45) is 5.92 Å². The SMILES string of the molecule is CC(=O)Nc1ccc(F)c(NC(=O)CCC2CCCC2)c1. The van der Waals surface area contributed by atoms with Crippen molar-refractivity contribution in [1.29, 1.82) is 0 Å². The second-order valence-electron chi connectivity index (χ2n) is 5.61. The van der Waals surface area contributed by atoms with Crippen LogP contribution in [0.3, 0.4) is 0 Å². The van der Waals surface area contributed by atoms with Crippen molar-refractivity contribution < 1.29 is 14.0 Å². The van der Waals surface area contributed by atoms with Gasteiger partial charge in [0.1, 0.15) is 5.82 Å². The molecular weight excluding hydrogens is 271 g/mol. The summed E-state index contributed by atoms with van der Waals surface area (Å²) in [4.78, 5) is 22.9. The summed E-state index contributed by atoms with van der Waals surface area (Å²) in [6, 6.07) is 4.13. The smallest absolute Gasteiger partial charge is 0.224 e. The molecule has 0 saturated heterocycles. The van der Waals surface area contributed by atoms with Gasteiger partial charge in [0.05, 0.1) is 5.69 Å². The minimum atomic E-state index is -0.502. The van der Waals surface area contributed by atoms with Crippen LogP contribution >= 0.6 is 0 Å². The largest absolute Gasteiger partial charge is 0.326 e. The van der Waals surface area contributed by atoms with Crippen LogP contribution in [0.2, 0.25) is 0 Å². The molecule has 5 heteroatoms. The number of nitrogens with one attached hydrogen (secondary N) is 2. The van der Waals surface area contributed by atoms with Crippen molar-refractivity contribution >= 4 is 23.2 Å². The zero-order valence-corrected chi connectivity index (χ0v) is 12.2. The number of carbonyl (C=O) groups excluding carboxylic acids is 2. The lowest BCUT2D eigenvalue weighted by Crippen LogP contribution is -2.14.